The summed E-state index contributed by atoms with van der Waals surface area (Å²) in [5.41, 5.74) is 0. The molecular formula is C38H82F44O13S4. The van der Waals surface area contributed by atoms with Gasteiger partial charge in [-0.15, -0.1) is 4.94 Å². The molecule has 0 atom stereocenters. The zero-order valence-corrected chi connectivity index (χ0v) is 48.5. The predicted molar refractivity (Wildman–Crippen MR) is 278 cm³/mol. The highest BCUT2D eigenvalue weighted by molar-refractivity contribution is 7.81. The van der Waals surface area contributed by atoms with Crippen LogP contribution in [0.1, 0.15) is 93.5 Å². The molecule has 0 unspecified atom stereocenters. The minimum absolute atomic E-state index is 0. The van der Waals surface area contributed by atoms with Crippen LogP contribution in [0.5, 0.6) is 0 Å². The van der Waals surface area contributed by atoms with E-state index < -0.39 is 157 Å². The number of hydrogen-bond acceptors (Lipinski definition) is 13. The Morgan fingerprint density at radius 2 is 0.444 bits per heavy atom. The van der Waals surface area contributed by atoms with Crippen molar-refractivity contribution in [1.29, 1.82) is 0 Å². The quantitative estimate of drug-likeness (QED) is 0.0991. The second kappa shape index (κ2) is 96.6. The number of halogens is 44. The second-order valence-corrected chi connectivity index (χ2v) is 13.0. The SMILES string of the molecule is C.C.C.C.C.C.C.C.CCF.CCF.CCF.CCF.CF.CF.CF.CF.FCC(F)(F)OC(F)(F)CF.FCC(F)(F)OF.FCOC(F)(F)C(F)(F)C(F)(F)CF.FCOC(F)(F)CC(F)(F)F.FCOC(F)(F)CF.O=S(=O)(F)F.O=S(=O)(F)F.O=S(=O)(F)F.O=S(=O)(F)F. The molecule has 0 aliphatic heterocycles. The van der Waals surface area contributed by atoms with Crippen LogP contribution in [0.15, 0.2) is 0 Å². The molecule has 0 amide bonds. The molecule has 0 aliphatic carbocycles. The lowest BCUT2D eigenvalue weighted by atomic mass is 10.2. The topological polar surface area (TPSA) is 183 Å². The lowest BCUT2D eigenvalue weighted by Gasteiger charge is -2.29. The summed E-state index contributed by atoms with van der Waals surface area (Å²) in [5, 5.41) is 0. The summed E-state index contributed by atoms with van der Waals surface area (Å²) < 4.78 is 555. The molecule has 0 radical (unpaired) electrons. The standard InChI is InChI=1S/C5H4F8O.2C4H4F6O.C3H4F4O.C2H2F4O.4C2H5F.4CH3F.8CH4.4F2O2S/c6-1-3(8,9)4(10,11)5(12,13)14-2-7;5-1-3(7,8)11-4(9,10)2-6;5-2-11-4(9,10)1-3(6,7)8;4-1-3(6,7)8-2-5;3-1-2(4,5)7-6;4*1-2-3;4*1-2;;;;;;;;;4*1-5(2,3)4/h1-2H2;2*1-2H2;1-2H2;1H2;4*2H2,1H3;4*1H3;8*1H4;;;;. The van der Waals surface area contributed by atoms with Gasteiger partial charge in [-0.25, -0.2) is 35.1 Å². The van der Waals surface area contributed by atoms with Crippen LogP contribution in [-0.2, 0) is 66.3 Å². The Morgan fingerprint density at radius 3 is 0.545 bits per heavy atom. The van der Waals surface area contributed by atoms with E-state index in [1.165, 1.54) is 27.7 Å². The molecule has 61 heteroatoms. The maximum Gasteiger partial charge on any atom is 0.476 e. The molecular weight excluding hydrogens is 1630 g/mol. The molecule has 0 saturated carbocycles. The first kappa shape index (κ1) is 172. The van der Waals surface area contributed by atoms with E-state index in [0.717, 1.165) is 0 Å². The molecule has 13 nitrogen and oxygen atoms in total. The van der Waals surface area contributed by atoms with Crippen molar-refractivity contribution in [3.8, 4) is 0 Å². The van der Waals surface area contributed by atoms with Crippen molar-refractivity contribution in [2.24, 2.45) is 0 Å². The third-order valence-corrected chi connectivity index (χ3v) is 3.20. The minimum atomic E-state index is -6.11. The predicted octanol–water partition coefficient (Wildman–Crippen LogP) is 22.3. The van der Waals surface area contributed by atoms with Gasteiger partial charge in [-0.05, 0) is 32.2 Å². The van der Waals surface area contributed by atoms with Crippen LogP contribution in [-0.4, -0.2) is 198 Å². The molecule has 0 fully saturated rings. The molecule has 0 N–H and O–H groups in total. The van der Waals surface area contributed by atoms with Crippen molar-refractivity contribution >= 4 is 42.4 Å². The number of rotatable bonds is 17. The Bertz CT molecular complexity index is 1690. The summed E-state index contributed by atoms with van der Waals surface area (Å²) in [5.74, 6) is -11.7. The van der Waals surface area contributed by atoms with Gasteiger partial charge in [0, 0.05) is 0 Å². The highest BCUT2D eigenvalue weighted by atomic mass is 32.3. The first-order valence-corrected chi connectivity index (χ1v) is 24.1. The third kappa shape index (κ3) is 253. The molecule has 0 heterocycles. The van der Waals surface area contributed by atoms with Gasteiger partial charge in [0.05, 0.1) is 55.4 Å². The average molecular weight is 1710 g/mol. The van der Waals surface area contributed by atoms with E-state index in [9.17, 15) is 189 Å². The molecule has 0 rings (SSSR count). The first-order valence-electron chi connectivity index (χ1n) is 18.9. The fourth-order valence-electron chi connectivity index (χ4n) is 1.23. The Balaban J connectivity index is -0.0000000263. The largest absolute Gasteiger partial charge is 0.476 e. The van der Waals surface area contributed by atoms with E-state index in [4.69, 9.17) is 33.7 Å². The van der Waals surface area contributed by atoms with Gasteiger partial charge in [-0.1, -0.05) is 90.5 Å². The van der Waals surface area contributed by atoms with Crippen LogP contribution in [0.3, 0.4) is 0 Å². The monoisotopic (exact) mass is 1710 g/mol. The molecule has 0 aromatic carbocycles. The highest BCUT2D eigenvalue weighted by Crippen LogP contribution is 2.46. The van der Waals surface area contributed by atoms with Crippen molar-refractivity contribution < 1.29 is 247 Å². The van der Waals surface area contributed by atoms with Gasteiger partial charge < -0.3 is 0 Å². The van der Waals surface area contributed by atoms with Crippen molar-refractivity contribution in [2.75, 3.05) is 109 Å². The third-order valence-electron chi connectivity index (χ3n) is 3.20. The summed E-state index contributed by atoms with van der Waals surface area (Å²) >= 11 is 0. The molecule has 0 spiro atoms. The molecule has 0 aromatic rings. The van der Waals surface area contributed by atoms with E-state index in [1.54, 1.807) is 0 Å². The summed E-state index contributed by atoms with van der Waals surface area (Å²) in [7, 11) is -20.7. The van der Waals surface area contributed by atoms with Gasteiger partial charge in [-0.3, -0.25) is 54.1 Å². The second-order valence-electron chi connectivity index (χ2n) is 9.96. The smallest absolute Gasteiger partial charge is 0.288 e. The number of alkyl halides is 35. The van der Waals surface area contributed by atoms with E-state index in [-0.39, 0.29) is 86.1 Å². The Morgan fingerprint density at radius 1 is 0.283 bits per heavy atom. The molecule has 644 valence electrons. The van der Waals surface area contributed by atoms with Crippen molar-refractivity contribution in [3.63, 3.8) is 0 Å². The highest BCUT2D eigenvalue weighted by Gasteiger charge is 2.73. The maximum absolute atomic E-state index is 12.1. The Hall–Kier alpha value is -3.48. The van der Waals surface area contributed by atoms with Gasteiger partial charge in [0.25, 0.3) is 0 Å². The molecule has 0 aromatic heterocycles. The van der Waals surface area contributed by atoms with Crippen molar-refractivity contribution in [3.05, 3.63) is 0 Å². The summed E-state index contributed by atoms with van der Waals surface area (Å²) in [6.45, 7) is -13.1. The van der Waals surface area contributed by atoms with Crippen LogP contribution >= 0.6 is 0 Å². The first-order chi connectivity index (χ1) is 40.1. The number of ether oxygens (including phenoxy) is 4. The minimum Gasteiger partial charge on any atom is -0.288 e. The molecule has 0 aliphatic rings. The zero-order valence-electron chi connectivity index (χ0n) is 45.3. The van der Waals surface area contributed by atoms with Gasteiger partial charge in [0.1, 0.15) is 6.42 Å². The van der Waals surface area contributed by atoms with Crippen molar-refractivity contribution in [1.82, 2.24) is 0 Å². The Kier molecular flexibility index (Phi) is 167. The van der Waals surface area contributed by atoms with Crippen LogP contribution in [0.4, 0.5) is 189 Å². The van der Waals surface area contributed by atoms with E-state index >= 15 is 0 Å². The number of hydrogen-bond donors (Lipinski definition) is 0. The van der Waals surface area contributed by atoms with Crippen LogP contribution in [0, 0.1) is 0 Å². The fraction of sp³-hybridized carbons (Fsp3) is 1.00. The fourth-order valence-corrected chi connectivity index (χ4v) is 1.23. The van der Waals surface area contributed by atoms with Crippen LogP contribution in [0.2, 0.25) is 0 Å². The van der Waals surface area contributed by atoms with Gasteiger partial charge >= 0.3 is 97.1 Å². The van der Waals surface area contributed by atoms with E-state index in [1.807, 2.05) is 4.94 Å². The molecule has 99 heavy (non-hydrogen) atoms. The Labute approximate surface area is 546 Å². The summed E-state index contributed by atoms with van der Waals surface area (Å²) in [6.07, 6.45) is -35.2. The van der Waals surface area contributed by atoms with Gasteiger partial charge in [-0.2, -0.15) is 117 Å². The lowest BCUT2D eigenvalue weighted by Crippen LogP contribution is -2.56. The molecule has 0 bridgehead atoms. The average Bonchev–Trinajstić information content (AvgIpc) is 3.35. The van der Waals surface area contributed by atoms with Crippen LogP contribution in [0.25, 0.3) is 0 Å². The maximum atomic E-state index is 12.1. The molecule has 0 saturated heterocycles. The van der Waals surface area contributed by atoms with Crippen LogP contribution < -0.4 is 0 Å². The van der Waals surface area contributed by atoms with Gasteiger partial charge in [0.15, 0.2) is 54.0 Å². The van der Waals surface area contributed by atoms with E-state index in [2.05, 4.69) is 18.9 Å². The van der Waals surface area contributed by atoms with E-state index in [0.29, 0.717) is 28.7 Å². The summed E-state index contributed by atoms with van der Waals surface area (Å²) in [4.78, 5) is 1.88. The lowest BCUT2D eigenvalue weighted by molar-refractivity contribution is -0.405. The summed E-state index contributed by atoms with van der Waals surface area (Å²) in [6, 6.07) is 0. The van der Waals surface area contributed by atoms with Gasteiger partial charge in [0.2, 0.25) is 0 Å². The normalized spacial score (nSPS) is 10.2. The van der Waals surface area contributed by atoms with Crippen molar-refractivity contribution in [2.45, 2.75) is 148 Å². The zero-order chi connectivity index (χ0) is 79.2.